The summed E-state index contributed by atoms with van der Waals surface area (Å²) in [6.07, 6.45) is 0. The molecular weight excluding hydrogens is 379 g/mol. The number of fused-ring (bicyclic) bond motifs is 2. The molecule has 2 aliphatic rings. The Kier molecular flexibility index (Phi) is 8.26. The minimum Gasteiger partial charge on any atom is -0.369 e. The van der Waals surface area contributed by atoms with Gasteiger partial charge < -0.3 is 19.4 Å². The van der Waals surface area contributed by atoms with Gasteiger partial charge in [0.2, 0.25) is 0 Å². The molecule has 0 amide bonds. The zero-order valence-electron chi connectivity index (χ0n) is 21.0. The van der Waals surface area contributed by atoms with E-state index < -0.39 is 0 Å². The predicted molar refractivity (Wildman–Crippen MR) is 140 cm³/mol. The van der Waals surface area contributed by atoms with Crippen molar-refractivity contribution in [2.75, 3.05) is 33.5 Å². The molecule has 5 heteroatoms. The molecule has 0 N–H and O–H groups in total. The number of rotatable bonds is 2. The van der Waals surface area contributed by atoms with Crippen molar-refractivity contribution < 1.29 is 0 Å². The van der Waals surface area contributed by atoms with Crippen LogP contribution in [0.25, 0.3) is 0 Å². The van der Waals surface area contributed by atoms with Crippen LogP contribution < -0.4 is 19.4 Å². The minimum absolute atomic E-state index is 1.20. The zero-order chi connectivity index (χ0) is 23.3. The number of benzene rings is 2. The van der Waals surface area contributed by atoms with Crippen molar-refractivity contribution >= 4 is 30.3 Å². The van der Waals surface area contributed by atoms with E-state index in [-0.39, 0.29) is 0 Å². The Morgan fingerprint density at radius 2 is 0.774 bits per heavy atom. The van der Waals surface area contributed by atoms with Gasteiger partial charge in [-0.1, -0.05) is 52.0 Å². The number of nitrogens with zero attached hydrogens (tertiary/aromatic N) is 4. The van der Waals surface area contributed by atoms with Gasteiger partial charge in [0, 0.05) is 36.9 Å². The molecule has 0 bridgehead atoms. The average molecular weight is 417 g/mol. The van der Waals surface area contributed by atoms with Gasteiger partial charge in [-0.2, -0.15) is 0 Å². The maximum atomic E-state index is 2.31. The molecule has 0 saturated heterocycles. The normalized spacial score (nSPS) is 14.9. The van der Waals surface area contributed by atoms with Crippen LogP contribution in [0.5, 0.6) is 0 Å². The second-order valence-electron chi connectivity index (χ2n) is 7.29. The molecule has 31 heavy (non-hydrogen) atoms. The van der Waals surface area contributed by atoms with Gasteiger partial charge in [0.15, 0.2) is 0 Å². The Morgan fingerprint density at radius 3 is 1.10 bits per heavy atom. The number of hydrogen-bond acceptors (Lipinski definition) is 4. The minimum atomic E-state index is 1.20. The maximum absolute atomic E-state index is 2.31. The van der Waals surface area contributed by atoms with Crippen molar-refractivity contribution in [3.05, 3.63) is 71.3 Å². The summed E-state index contributed by atoms with van der Waals surface area (Å²) in [7, 11) is 6.50. The third-order valence-corrected chi connectivity index (χ3v) is 6.01. The van der Waals surface area contributed by atoms with Gasteiger partial charge in [-0.05, 0) is 52.0 Å². The van der Waals surface area contributed by atoms with Crippen LogP contribution in [0, 0.1) is 0 Å². The Morgan fingerprint density at radius 1 is 0.484 bits per heavy atom. The van der Waals surface area contributed by atoms with E-state index in [2.05, 4.69) is 117 Å². The van der Waals surface area contributed by atoms with Crippen LogP contribution in [0.1, 0.15) is 55.4 Å². The topological polar surface area (TPSA) is 13.0 Å². The van der Waals surface area contributed by atoms with Crippen molar-refractivity contribution in [2.45, 2.75) is 55.4 Å². The highest BCUT2D eigenvalue weighted by Gasteiger charge is 2.31. The fourth-order valence-corrected chi connectivity index (χ4v) is 3.87. The maximum Gasteiger partial charge on any atom is 0.401 e. The highest BCUT2D eigenvalue weighted by atomic mass is 15.3. The lowest BCUT2D eigenvalue weighted by molar-refractivity contribution is 0.968. The van der Waals surface area contributed by atoms with E-state index >= 15 is 0 Å². The summed E-state index contributed by atoms with van der Waals surface area (Å²) in [6.45, 7) is 16.7. The SMILES string of the molecule is CC.CC.CC1=C(C)N([B]N2C(C)=C(C)N(C)c3ccccc32)c2ccccc2N1C. The fraction of sp³-hybridized carbons (Fsp3) is 0.385. The molecule has 0 spiro atoms. The second kappa shape index (κ2) is 10.5. The summed E-state index contributed by atoms with van der Waals surface area (Å²) in [6, 6.07) is 17.1. The van der Waals surface area contributed by atoms with Gasteiger partial charge in [0.1, 0.15) is 0 Å². The molecule has 0 atom stereocenters. The smallest absolute Gasteiger partial charge is 0.369 e. The quantitative estimate of drug-likeness (QED) is 0.488. The zero-order valence-corrected chi connectivity index (χ0v) is 21.0. The largest absolute Gasteiger partial charge is 0.401 e. The van der Waals surface area contributed by atoms with Gasteiger partial charge in [0.25, 0.3) is 0 Å². The molecule has 0 fully saturated rings. The first-order valence-corrected chi connectivity index (χ1v) is 11.4. The van der Waals surface area contributed by atoms with Crippen LogP contribution in [0.4, 0.5) is 22.7 Å². The summed E-state index contributed by atoms with van der Waals surface area (Å²) < 4.78 is 0. The lowest BCUT2D eigenvalue weighted by atomic mass is 9.93. The molecule has 0 aromatic heterocycles. The van der Waals surface area contributed by atoms with Crippen LogP contribution in [0.15, 0.2) is 71.3 Å². The van der Waals surface area contributed by atoms with Gasteiger partial charge in [-0.15, -0.1) is 0 Å². The molecule has 4 rings (SSSR count). The fourth-order valence-electron chi connectivity index (χ4n) is 3.87. The Balaban J connectivity index is 0.000000807. The Hall–Kier alpha value is -2.82. The average Bonchev–Trinajstić information content (AvgIpc) is 2.83. The van der Waals surface area contributed by atoms with E-state index in [0.717, 1.165) is 0 Å². The summed E-state index contributed by atoms with van der Waals surface area (Å²) in [4.78, 5) is 9.15. The number of hydrogen-bond donors (Lipinski definition) is 0. The summed E-state index contributed by atoms with van der Waals surface area (Å²) in [5.41, 5.74) is 9.82. The van der Waals surface area contributed by atoms with E-state index in [1.165, 1.54) is 45.5 Å². The molecule has 2 aromatic rings. The molecule has 4 nitrogen and oxygen atoms in total. The molecule has 165 valence electrons. The molecule has 2 aliphatic heterocycles. The van der Waals surface area contributed by atoms with Crippen molar-refractivity contribution in [1.29, 1.82) is 0 Å². The van der Waals surface area contributed by atoms with E-state index in [1.807, 2.05) is 27.7 Å². The molecule has 1 radical (unpaired) electrons. The molecule has 0 unspecified atom stereocenters. The predicted octanol–water partition coefficient (Wildman–Crippen LogP) is 6.99. The summed E-state index contributed by atoms with van der Waals surface area (Å²) in [5.74, 6) is 0. The summed E-state index contributed by atoms with van der Waals surface area (Å²) >= 11 is 0. The van der Waals surface area contributed by atoms with E-state index in [1.54, 1.807) is 0 Å². The van der Waals surface area contributed by atoms with Crippen LogP contribution in [-0.4, -0.2) is 21.6 Å². The second-order valence-corrected chi connectivity index (χ2v) is 7.29. The third-order valence-electron chi connectivity index (χ3n) is 6.01. The lowest BCUT2D eigenvalue weighted by Crippen LogP contribution is -2.46. The van der Waals surface area contributed by atoms with Gasteiger partial charge >= 0.3 is 7.55 Å². The first kappa shape index (κ1) is 24.5. The molecule has 2 aromatic carbocycles. The van der Waals surface area contributed by atoms with Crippen molar-refractivity contribution in [1.82, 2.24) is 0 Å². The van der Waals surface area contributed by atoms with Gasteiger partial charge in [0.05, 0.1) is 22.7 Å². The highest BCUT2D eigenvalue weighted by Crippen LogP contribution is 2.41. The van der Waals surface area contributed by atoms with Crippen molar-refractivity contribution in [2.24, 2.45) is 0 Å². The first-order valence-electron chi connectivity index (χ1n) is 11.4. The van der Waals surface area contributed by atoms with Gasteiger partial charge in [-0.3, -0.25) is 0 Å². The monoisotopic (exact) mass is 417 g/mol. The Bertz CT molecular complexity index is 886. The van der Waals surface area contributed by atoms with Crippen molar-refractivity contribution in [3.8, 4) is 0 Å². The number of anilines is 4. The summed E-state index contributed by atoms with van der Waals surface area (Å²) in [5, 5.41) is 0. The molecule has 2 heterocycles. The Labute approximate surface area is 190 Å². The van der Waals surface area contributed by atoms with Crippen LogP contribution >= 0.6 is 0 Å². The molecular formula is C26H38BN4. The lowest BCUT2D eigenvalue weighted by Gasteiger charge is -2.43. The molecule has 0 aliphatic carbocycles. The number of allylic oxidation sites excluding steroid dienone is 4. The van der Waals surface area contributed by atoms with E-state index in [4.69, 9.17) is 0 Å². The van der Waals surface area contributed by atoms with Crippen LogP contribution in [0.2, 0.25) is 0 Å². The van der Waals surface area contributed by atoms with Crippen LogP contribution in [-0.2, 0) is 0 Å². The van der Waals surface area contributed by atoms with E-state index in [0.29, 0.717) is 0 Å². The standard InChI is InChI=1S/C22H26BN4.2C2H6/c1-15-17(3)26(21-13-9-7-11-19(21)24(15)5)23-27-18(4)16(2)25(6)20-12-8-10-14-22(20)27;2*1-2/h7-14H,1-6H3;2*1-2H3. The van der Waals surface area contributed by atoms with Crippen LogP contribution in [0.3, 0.4) is 0 Å². The highest BCUT2D eigenvalue weighted by molar-refractivity contribution is 6.50. The molecule has 0 saturated carbocycles. The van der Waals surface area contributed by atoms with Crippen molar-refractivity contribution in [3.63, 3.8) is 0 Å². The third kappa shape index (κ3) is 4.32. The first-order chi connectivity index (χ1) is 14.9. The number of para-hydroxylation sites is 4. The van der Waals surface area contributed by atoms with E-state index in [9.17, 15) is 0 Å². The van der Waals surface area contributed by atoms with Gasteiger partial charge in [-0.25, -0.2) is 0 Å².